The van der Waals surface area contributed by atoms with E-state index in [9.17, 15) is 4.39 Å². The van der Waals surface area contributed by atoms with Crippen LogP contribution in [0.25, 0.3) is 0 Å². The first-order valence-electron chi connectivity index (χ1n) is 4.43. The molecule has 1 aromatic carbocycles. The van der Waals surface area contributed by atoms with Crippen LogP contribution in [0, 0.1) is 5.82 Å². The van der Waals surface area contributed by atoms with Crippen molar-refractivity contribution in [2.45, 2.75) is 12.3 Å². The predicted molar refractivity (Wildman–Crippen MR) is 48.3 cm³/mol. The van der Waals surface area contributed by atoms with Crippen molar-refractivity contribution in [2.24, 2.45) is 5.73 Å². The zero-order valence-electron chi connectivity index (χ0n) is 7.29. The molecule has 2 rings (SSSR count). The Morgan fingerprint density at radius 3 is 3.15 bits per heavy atom. The van der Waals surface area contributed by atoms with Gasteiger partial charge in [-0.25, -0.2) is 4.39 Å². The quantitative estimate of drug-likeness (QED) is 0.753. The van der Waals surface area contributed by atoms with Crippen molar-refractivity contribution in [1.29, 1.82) is 0 Å². The van der Waals surface area contributed by atoms with Crippen LogP contribution in [0.4, 0.5) is 4.39 Å². The fourth-order valence-corrected chi connectivity index (χ4v) is 1.69. The van der Waals surface area contributed by atoms with Crippen molar-refractivity contribution in [1.82, 2.24) is 0 Å². The minimum Gasteiger partial charge on any atom is -0.493 e. The van der Waals surface area contributed by atoms with Gasteiger partial charge in [-0.1, -0.05) is 6.07 Å². The number of fused-ring (bicyclic) bond motifs is 1. The van der Waals surface area contributed by atoms with Crippen molar-refractivity contribution >= 4 is 0 Å². The Bertz CT molecular complexity index is 314. The first kappa shape index (κ1) is 8.51. The van der Waals surface area contributed by atoms with Crippen LogP contribution < -0.4 is 10.5 Å². The van der Waals surface area contributed by atoms with Crippen LogP contribution >= 0.6 is 0 Å². The monoisotopic (exact) mass is 181 g/mol. The number of benzene rings is 1. The van der Waals surface area contributed by atoms with Gasteiger partial charge < -0.3 is 10.5 Å². The van der Waals surface area contributed by atoms with E-state index >= 15 is 0 Å². The lowest BCUT2D eigenvalue weighted by atomic mass is 9.98. The maximum atomic E-state index is 12.8. The zero-order chi connectivity index (χ0) is 9.26. The number of hydrogen-bond donors (Lipinski definition) is 1. The van der Waals surface area contributed by atoms with Gasteiger partial charge in [-0.2, -0.15) is 0 Å². The van der Waals surface area contributed by atoms with Crippen LogP contribution in [0.15, 0.2) is 18.2 Å². The van der Waals surface area contributed by atoms with Crippen LogP contribution in [-0.4, -0.2) is 13.2 Å². The van der Waals surface area contributed by atoms with Crippen molar-refractivity contribution in [3.63, 3.8) is 0 Å². The molecule has 0 radical (unpaired) electrons. The Morgan fingerprint density at radius 1 is 1.54 bits per heavy atom. The number of halogens is 1. The minimum atomic E-state index is -0.243. The molecule has 0 aliphatic carbocycles. The summed E-state index contributed by atoms with van der Waals surface area (Å²) in [6.45, 7) is 1.28. The molecular weight excluding hydrogens is 169 g/mol. The molecule has 1 aromatic rings. The smallest absolute Gasteiger partial charge is 0.126 e. The highest BCUT2D eigenvalue weighted by molar-refractivity contribution is 5.40. The standard InChI is InChI=1S/C10H12FNO/c11-8-1-2-9-7(3-4-12)6-13-10(9)5-8/h1-2,5,7H,3-4,6,12H2. The molecule has 2 nitrogen and oxygen atoms in total. The van der Waals surface area contributed by atoms with Crippen LogP contribution in [0.3, 0.4) is 0 Å². The second-order valence-electron chi connectivity index (χ2n) is 3.27. The molecular formula is C10H12FNO. The molecule has 1 atom stereocenters. The SMILES string of the molecule is NCCC1COc2cc(F)ccc21. The van der Waals surface area contributed by atoms with Gasteiger partial charge in [0.15, 0.2) is 0 Å². The number of ether oxygens (including phenoxy) is 1. The molecule has 0 saturated carbocycles. The Balaban J connectivity index is 2.27. The lowest BCUT2D eigenvalue weighted by Crippen LogP contribution is -2.08. The van der Waals surface area contributed by atoms with Gasteiger partial charge in [0.25, 0.3) is 0 Å². The molecule has 0 fully saturated rings. The second-order valence-corrected chi connectivity index (χ2v) is 3.27. The maximum Gasteiger partial charge on any atom is 0.126 e. The molecule has 1 aliphatic heterocycles. The molecule has 2 N–H and O–H groups in total. The predicted octanol–water partition coefficient (Wildman–Crippen LogP) is 1.65. The largest absolute Gasteiger partial charge is 0.493 e. The van der Waals surface area contributed by atoms with E-state index in [4.69, 9.17) is 10.5 Å². The molecule has 13 heavy (non-hydrogen) atoms. The van der Waals surface area contributed by atoms with Crippen LogP contribution in [0.5, 0.6) is 5.75 Å². The van der Waals surface area contributed by atoms with Crippen molar-refractivity contribution in [2.75, 3.05) is 13.2 Å². The summed E-state index contributed by atoms with van der Waals surface area (Å²) in [4.78, 5) is 0. The van der Waals surface area contributed by atoms with E-state index in [-0.39, 0.29) is 5.82 Å². The van der Waals surface area contributed by atoms with E-state index in [1.54, 1.807) is 6.07 Å². The van der Waals surface area contributed by atoms with E-state index in [1.807, 2.05) is 0 Å². The highest BCUT2D eigenvalue weighted by Crippen LogP contribution is 2.35. The maximum absolute atomic E-state index is 12.8. The Labute approximate surface area is 76.5 Å². The van der Waals surface area contributed by atoms with Gasteiger partial charge in [-0.05, 0) is 19.0 Å². The third-order valence-corrected chi connectivity index (χ3v) is 2.37. The number of hydrogen-bond acceptors (Lipinski definition) is 2. The zero-order valence-corrected chi connectivity index (χ0v) is 7.29. The lowest BCUT2D eigenvalue weighted by Gasteiger charge is -2.05. The van der Waals surface area contributed by atoms with Gasteiger partial charge in [0.2, 0.25) is 0 Å². The Morgan fingerprint density at radius 2 is 2.38 bits per heavy atom. The summed E-state index contributed by atoms with van der Waals surface area (Å²) in [5, 5.41) is 0. The molecule has 70 valence electrons. The molecule has 0 bridgehead atoms. The fraction of sp³-hybridized carbons (Fsp3) is 0.400. The first-order valence-corrected chi connectivity index (χ1v) is 4.43. The van der Waals surface area contributed by atoms with Gasteiger partial charge in [0.05, 0.1) is 6.61 Å². The first-order chi connectivity index (χ1) is 6.31. The third-order valence-electron chi connectivity index (χ3n) is 2.37. The molecule has 0 aromatic heterocycles. The Kier molecular flexibility index (Phi) is 2.19. The van der Waals surface area contributed by atoms with Crippen LogP contribution in [0.2, 0.25) is 0 Å². The fourth-order valence-electron chi connectivity index (χ4n) is 1.69. The average Bonchev–Trinajstić information content (AvgIpc) is 2.49. The van der Waals surface area contributed by atoms with Gasteiger partial charge >= 0.3 is 0 Å². The number of rotatable bonds is 2. The van der Waals surface area contributed by atoms with Crippen molar-refractivity contribution in [3.8, 4) is 5.75 Å². The highest BCUT2D eigenvalue weighted by atomic mass is 19.1. The summed E-state index contributed by atoms with van der Waals surface area (Å²) < 4.78 is 18.1. The molecule has 1 heterocycles. The molecule has 1 unspecified atom stereocenters. The topological polar surface area (TPSA) is 35.2 Å². The van der Waals surface area contributed by atoms with E-state index in [1.165, 1.54) is 12.1 Å². The van der Waals surface area contributed by atoms with E-state index in [2.05, 4.69) is 0 Å². The summed E-state index contributed by atoms with van der Waals surface area (Å²) >= 11 is 0. The summed E-state index contributed by atoms with van der Waals surface area (Å²) in [5.41, 5.74) is 6.56. The minimum absolute atomic E-state index is 0.243. The van der Waals surface area contributed by atoms with E-state index in [0.29, 0.717) is 24.8 Å². The number of nitrogens with two attached hydrogens (primary N) is 1. The van der Waals surface area contributed by atoms with E-state index in [0.717, 1.165) is 12.0 Å². The molecule has 3 heteroatoms. The third kappa shape index (κ3) is 1.52. The second kappa shape index (κ2) is 3.34. The Hall–Kier alpha value is -1.09. The van der Waals surface area contributed by atoms with Crippen LogP contribution in [-0.2, 0) is 0 Å². The summed E-state index contributed by atoms with van der Waals surface area (Å²) in [6.07, 6.45) is 0.901. The molecule has 0 spiro atoms. The molecule has 1 aliphatic rings. The van der Waals surface area contributed by atoms with Crippen LogP contribution in [0.1, 0.15) is 17.9 Å². The molecule has 0 amide bonds. The average molecular weight is 181 g/mol. The van der Waals surface area contributed by atoms with Crippen molar-refractivity contribution in [3.05, 3.63) is 29.6 Å². The summed E-state index contributed by atoms with van der Waals surface area (Å²) in [5.74, 6) is 0.784. The highest BCUT2D eigenvalue weighted by Gasteiger charge is 2.23. The molecule has 0 saturated heterocycles. The summed E-state index contributed by atoms with van der Waals surface area (Å²) in [7, 11) is 0. The van der Waals surface area contributed by atoms with Gasteiger partial charge in [-0.3, -0.25) is 0 Å². The normalized spacial score (nSPS) is 19.7. The van der Waals surface area contributed by atoms with Gasteiger partial charge in [0.1, 0.15) is 11.6 Å². The van der Waals surface area contributed by atoms with Gasteiger partial charge in [-0.15, -0.1) is 0 Å². The lowest BCUT2D eigenvalue weighted by molar-refractivity contribution is 0.325. The van der Waals surface area contributed by atoms with Gasteiger partial charge in [0, 0.05) is 17.5 Å². The van der Waals surface area contributed by atoms with Crippen molar-refractivity contribution < 1.29 is 9.13 Å². The van der Waals surface area contributed by atoms with E-state index < -0.39 is 0 Å². The summed E-state index contributed by atoms with van der Waals surface area (Å²) in [6, 6.07) is 4.70.